The normalized spacial score (nSPS) is 12.1. The highest BCUT2D eigenvalue weighted by Gasteiger charge is 2.23. The lowest BCUT2D eigenvalue weighted by atomic mass is 10.0. The highest BCUT2D eigenvalue weighted by molar-refractivity contribution is 5.98. The molecule has 5 heteroatoms. The van der Waals surface area contributed by atoms with E-state index in [2.05, 4.69) is 41.2 Å². The molecular weight excluding hydrogens is 372 g/mol. The van der Waals surface area contributed by atoms with Crippen molar-refractivity contribution < 1.29 is 4.79 Å². The van der Waals surface area contributed by atoms with Crippen molar-refractivity contribution in [3.05, 3.63) is 96.2 Å². The first-order valence-corrected chi connectivity index (χ1v) is 10.3. The van der Waals surface area contributed by atoms with Crippen molar-refractivity contribution >= 4 is 16.8 Å². The van der Waals surface area contributed by atoms with Crippen molar-refractivity contribution in [1.82, 2.24) is 19.4 Å². The fourth-order valence-corrected chi connectivity index (χ4v) is 3.68. The summed E-state index contributed by atoms with van der Waals surface area (Å²) < 4.78 is 1.97. The molecule has 30 heavy (non-hydrogen) atoms. The topological polar surface area (TPSA) is 51.0 Å². The quantitative estimate of drug-likeness (QED) is 0.456. The minimum atomic E-state index is 0.0179. The number of rotatable bonds is 7. The van der Waals surface area contributed by atoms with Crippen LogP contribution in [0.2, 0.25) is 0 Å². The number of imidazole rings is 1. The summed E-state index contributed by atoms with van der Waals surface area (Å²) in [6.45, 7) is 2.59. The maximum Gasteiger partial charge on any atom is 0.254 e. The van der Waals surface area contributed by atoms with Gasteiger partial charge in [0.2, 0.25) is 0 Å². The Kier molecular flexibility index (Phi) is 5.89. The molecule has 0 fully saturated rings. The van der Waals surface area contributed by atoms with E-state index in [1.807, 2.05) is 59.1 Å². The molecule has 0 spiro atoms. The van der Waals surface area contributed by atoms with Gasteiger partial charge < -0.3 is 9.47 Å². The van der Waals surface area contributed by atoms with Gasteiger partial charge in [0.25, 0.3) is 5.91 Å². The Hall–Kier alpha value is -3.47. The van der Waals surface area contributed by atoms with E-state index in [1.54, 1.807) is 12.4 Å². The Morgan fingerprint density at radius 1 is 1.03 bits per heavy atom. The van der Waals surface area contributed by atoms with Crippen LogP contribution in [0.25, 0.3) is 10.9 Å². The molecule has 1 unspecified atom stereocenters. The minimum absolute atomic E-state index is 0.0179. The first-order chi connectivity index (χ1) is 14.6. The smallest absolute Gasteiger partial charge is 0.254 e. The van der Waals surface area contributed by atoms with Crippen LogP contribution in [0.5, 0.6) is 0 Å². The molecule has 0 aliphatic carbocycles. The number of hydrogen-bond acceptors (Lipinski definition) is 3. The first-order valence-electron chi connectivity index (χ1n) is 10.3. The van der Waals surface area contributed by atoms with Crippen LogP contribution >= 0.6 is 0 Å². The Morgan fingerprint density at radius 2 is 1.87 bits per heavy atom. The number of aryl methyl sites for hydroxylation is 2. The Balaban J connectivity index is 1.59. The molecule has 0 saturated heterocycles. The van der Waals surface area contributed by atoms with Gasteiger partial charge in [0.1, 0.15) is 5.82 Å². The lowest BCUT2D eigenvalue weighted by Gasteiger charge is -2.29. The zero-order valence-corrected chi connectivity index (χ0v) is 17.4. The molecular formula is C25H26N4O. The molecule has 0 bridgehead atoms. The molecule has 0 aliphatic heterocycles. The minimum Gasteiger partial charge on any atom is -0.337 e. The average molecular weight is 399 g/mol. The highest BCUT2D eigenvalue weighted by atomic mass is 16.2. The molecule has 0 saturated carbocycles. The van der Waals surface area contributed by atoms with E-state index >= 15 is 0 Å². The summed E-state index contributed by atoms with van der Waals surface area (Å²) in [5, 5.41) is 0.970. The van der Waals surface area contributed by atoms with Crippen molar-refractivity contribution in [2.24, 2.45) is 7.05 Å². The Labute approximate surface area is 177 Å². The molecule has 1 atom stereocenters. The number of hydrogen-bond donors (Lipinski definition) is 0. The van der Waals surface area contributed by atoms with Gasteiger partial charge >= 0.3 is 0 Å². The lowest BCUT2D eigenvalue weighted by Crippen LogP contribution is -2.39. The lowest BCUT2D eigenvalue weighted by molar-refractivity contribution is 0.0660. The summed E-state index contributed by atoms with van der Waals surface area (Å²) in [5.41, 5.74) is 2.85. The first kappa shape index (κ1) is 19.8. The summed E-state index contributed by atoms with van der Waals surface area (Å²) in [5.74, 6) is 0.890. The standard InChI is InChI=1S/C25H26N4O/c1-19(10-11-20-7-4-3-5-8-20)29(18-24-27-15-16-28(24)2)25(30)22-12-13-23-21(17-22)9-6-14-26-23/h3-9,12-17,19H,10-11,18H2,1-2H3. The molecule has 5 nitrogen and oxygen atoms in total. The van der Waals surface area contributed by atoms with Crippen LogP contribution in [0.15, 0.2) is 79.3 Å². The fourth-order valence-electron chi connectivity index (χ4n) is 3.68. The predicted molar refractivity (Wildman–Crippen MR) is 119 cm³/mol. The summed E-state index contributed by atoms with van der Waals surface area (Å²) in [7, 11) is 1.96. The zero-order valence-electron chi connectivity index (χ0n) is 17.4. The molecule has 0 N–H and O–H groups in total. The van der Waals surface area contributed by atoms with E-state index in [0.29, 0.717) is 12.1 Å². The number of pyridine rings is 1. The van der Waals surface area contributed by atoms with Gasteiger partial charge in [-0.1, -0.05) is 36.4 Å². The molecule has 0 aliphatic rings. The van der Waals surface area contributed by atoms with Gasteiger partial charge in [0.15, 0.2) is 0 Å². The maximum absolute atomic E-state index is 13.5. The Bertz CT molecular complexity index is 1140. The van der Waals surface area contributed by atoms with Gasteiger partial charge in [-0.15, -0.1) is 0 Å². The van der Waals surface area contributed by atoms with E-state index in [0.717, 1.165) is 29.6 Å². The molecule has 4 rings (SSSR count). The maximum atomic E-state index is 13.5. The van der Waals surface area contributed by atoms with Gasteiger partial charge in [-0.25, -0.2) is 4.98 Å². The molecule has 0 radical (unpaired) electrons. The number of carbonyl (C=O) groups is 1. The van der Waals surface area contributed by atoms with Gasteiger partial charge in [-0.2, -0.15) is 0 Å². The highest BCUT2D eigenvalue weighted by Crippen LogP contribution is 2.19. The Morgan fingerprint density at radius 3 is 2.63 bits per heavy atom. The van der Waals surface area contributed by atoms with Crippen LogP contribution in [0.4, 0.5) is 0 Å². The number of aromatic nitrogens is 3. The zero-order chi connectivity index (χ0) is 20.9. The number of fused-ring (bicyclic) bond motifs is 1. The van der Waals surface area contributed by atoms with Gasteiger partial charge in [-0.05, 0) is 49.6 Å². The second kappa shape index (κ2) is 8.91. The molecule has 152 valence electrons. The van der Waals surface area contributed by atoms with Crippen molar-refractivity contribution in [3.63, 3.8) is 0 Å². The van der Waals surface area contributed by atoms with Crippen molar-refractivity contribution in [2.45, 2.75) is 32.4 Å². The molecule has 2 aromatic carbocycles. The van der Waals surface area contributed by atoms with Crippen LogP contribution in [0, 0.1) is 0 Å². The van der Waals surface area contributed by atoms with Crippen LogP contribution in [0.3, 0.4) is 0 Å². The summed E-state index contributed by atoms with van der Waals surface area (Å²) in [6.07, 6.45) is 7.26. The molecule has 4 aromatic rings. The molecule has 1 amide bonds. The monoisotopic (exact) mass is 398 g/mol. The summed E-state index contributed by atoms with van der Waals surface area (Å²) in [6, 6.07) is 20.1. The van der Waals surface area contributed by atoms with Gasteiger partial charge in [0.05, 0.1) is 12.1 Å². The third-order valence-corrected chi connectivity index (χ3v) is 5.57. The van der Waals surface area contributed by atoms with Gasteiger partial charge in [0, 0.05) is 42.6 Å². The number of benzene rings is 2. The summed E-state index contributed by atoms with van der Waals surface area (Å²) >= 11 is 0. The van der Waals surface area contributed by atoms with Crippen molar-refractivity contribution in [1.29, 1.82) is 0 Å². The fraction of sp³-hybridized carbons (Fsp3) is 0.240. The van der Waals surface area contributed by atoms with Crippen LogP contribution < -0.4 is 0 Å². The number of amides is 1. The van der Waals surface area contributed by atoms with Crippen LogP contribution in [-0.4, -0.2) is 31.4 Å². The van der Waals surface area contributed by atoms with Crippen LogP contribution in [-0.2, 0) is 20.0 Å². The molecule has 2 heterocycles. The van der Waals surface area contributed by atoms with E-state index < -0.39 is 0 Å². The predicted octanol–water partition coefficient (Wildman–Crippen LogP) is 4.63. The second-order valence-electron chi connectivity index (χ2n) is 7.67. The van der Waals surface area contributed by atoms with E-state index in [9.17, 15) is 4.79 Å². The van der Waals surface area contributed by atoms with Crippen molar-refractivity contribution in [2.75, 3.05) is 0 Å². The van der Waals surface area contributed by atoms with Crippen molar-refractivity contribution in [3.8, 4) is 0 Å². The van der Waals surface area contributed by atoms with E-state index in [-0.39, 0.29) is 11.9 Å². The number of nitrogens with zero attached hydrogens (tertiary/aromatic N) is 4. The van der Waals surface area contributed by atoms with Gasteiger partial charge in [-0.3, -0.25) is 9.78 Å². The second-order valence-corrected chi connectivity index (χ2v) is 7.67. The third kappa shape index (κ3) is 4.40. The van der Waals surface area contributed by atoms with E-state index in [4.69, 9.17) is 0 Å². The average Bonchev–Trinajstić information content (AvgIpc) is 3.20. The molecule has 2 aromatic heterocycles. The largest absolute Gasteiger partial charge is 0.337 e. The summed E-state index contributed by atoms with van der Waals surface area (Å²) in [4.78, 5) is 24.3. The van der Waals surface area contributed by atoms with E-state index in [1.165, 1.54) is 5.56 Å². The number of carbonyl (C=O) groups excluding carboxylic acids is 1. The SMILES string of the molecule is CC(CCc1ccccc1)N(Cc1nccn1C)C(=O)c1ccc2ncccc2c1. The third-order valence-electron chi connectivity index (χ3n) is 5.57. The van der Waals surface area contributed by atoms with Crippen LogP contribution in [0.1, 0.15) is 35.1 Å².